The molecule has 2 amide bonds. The van der Waals surface area contributed by atoms with Gasteiger partial charge in [-0.15, -0.1) is 0 Å². The summed E-state index contributed by atoms with van der Waals surface area (Å²) in [6.45, 7) is 1.18. The molecule has 1 aliphatic rings. The van der Waals surface area contributed by atoms with Crippen molar-refractivity contribution in [2.24, 2.45) is 0 Å². The fraction of sp³-hybridized carbons (Fsp3) is 0.300. The molecular formula is C20H22N2O6. The van der Waals surface area contributed by atoms with E-state index < -0.39 is 0 Å². The van der Waals surface area contributed by atoms with Gasteiger partial charge in [-0.05, 0) is 24.3 Å². The Kier molecular flexibility index (Phi) is 6.21. The fourth-order valence-electron chi connectivity index (χ4n) is 2.67. The molecule has 0 aliphatic carbocycles. The van der Waals surface area contributed by atoms with Gasteiger partial charge in [0.25, 0.3) is 5.91 Å². The van der Waals surface area contributed by atoms with Gasteiger partial charge in [-0.3, -0.25) is 9.59 Å². The van der Waals surface area contributed by atoms with Crippen LogP contribution in [0.1, 0.15) is 16.8 Å². The standard InChI is InChI=1S/C20H22N2O6/c1-25-15-9-13(10-16(12-15)26-2)20(24)21-6-5-19(23)22-14-3-4-17-18(11-14)28-8-7-27-17/h3-4,9-12H,5-8H2,1-2H3,(H,21,24)(H,22,23). The second kappa shape index (κ2) is 8.98. The summed E-state index contributed by atoms with van der Waals surface area (Å²) < 4.78 is 21.2. The van der Waals surface area contributed by atoms with E-state index in [9.17, 15) is 9.59 Å². The summed E-state index contributed by atoms with van der Waals surface area (Å²) in [7, 11) is 3.03. The summed E-state index contributed by atoms with van der Waals surface area (Å²) in [6.07, 6.45) is 0.126. The highest BCUT2D eigenvalue weighted by Crippen LogP contribution is 2.32. The quantitative estimate of drug-likeness (QED) is 0.758. The van der Waals surface area contributed by atoms with E-state index in [0.29, 0.717) is 47.5 Å². The number of carbonyl (C=O) groups is 2. The Morgan fingerprint density at radius 2 is 1.64 bits per heavy atom. The topological polar surface area (TPSA) is 95.1 Å². The van der Waals surface area contributed by atoms with E-state index in [1.54, 1.807) is 36.4 Å². The Morgan fingerprint density at radius 3 is 2.32 bits per heavy atom. The second-order valence-electron chi connectivity index (χ2n) is 6.01. The van der Waals surface area contributed by atoms with Crippen LogP contribution in [0.3, 0.4) is 0 Å². The number of nitrogens with one attached hydrogen (secondary N) is 2. The molecule has 28 heavy (non-hydrogen) atoms. The van der Waals surface area contributed by atoms with Gasteiger partial charge in [0, 0.05) is 36.3 Å². The van der Waals surface area contributed by atoms with Crippen LogP contribution in [0.15, 0.2) is 36.4 Å². The van der Waals surface area contributed by atoms with Gasteiger partial charge >= 0.3 is 0 Å². The van der Waals surface area contributed by atoms with Crippen molar-refractivity contribution < 1.29 is 28.5 Å². The lowest BCUT2D eigenvalue weighted by molar-refractivity contribution is -0.116. The zero-order valence-corrected chi connectivity index (χ0v) is 15.7. The molecule has 0 atom stereocenters. The number of carbonyl (C=O) groups excluding carboxylic acids is 2. The lowest BCUT2D eigenvalue weighted by Gasteiger charge is -2.19. The first-order valence-corrected chi connectivity index (χ1v) is 8.80. The number of methoxy groups -OCH3 is 2. The van der Waals surface area contributed by atoms with Crippen LogP contribution in [-0.4, -0.2) is 45.8 Å². The molecule has 0 bridgehead atoms. The van der Waals surface area contributed by atoms with Crippen molar-refractivity contribution in [3.05, 3.63) is 42.0 Å². The number of amides is 2. The van der Waals surface area contributed by atoms with Crippen molar-refractivity contribution in [3.63, 3.8) is 0 Å². The van der Waals surface area contributed by atoms with E-state index >= 15 is 0 Å². The van der Waals surface area contributed by atoms with Gasteiger partial charge in [0.15, 0.2) is 11.5 Å². The highest BCUT2D eigenvalue weighted by Gasteiger charge is 2.13. The molecule has 0 fully saturated rings. The largest absolute Gasteiger partial charge is 0.497 e. The van der Waals surface area contributed by atoms with E-state index in [0.717, 1.165) is 0 Å². The average Bonchev–Trinajstić information content (AvgIpc) is 2.73. The molecular weight excluding hydrogens is 364 g/mol. The van der Waals surface area contributed by atoms with Crippen molar-refractivity contribution in [1.82, 2.24) is 5.32 Å². The zero-order chi connectivity index (χ0) is 19.9. The van der Waals surface area contributed by atoms with Crippen LogP contribution in [0.5, 0.6) is 23.0 Å². The summed E-state index contributed by atoms with van der Waals surface area (Å²) in [4.78, 5) is 24.4. The molecule has 2 aromatic carbocycles. The van der Waals surface area contributed by atoms with Crippen molar-refractivity contribution in [2.75, 3.05) is 39.3 Å². The fourth-order valence-corrected chi connectivity index (χ4v) is 2.67. The molecule has 1 aliphatic heterocycles. The SMILES string of the molecule is COc1cc(OC)cc(C(=O)NCCC(=O)Nc2ccc3c(c2)OCCO3)c1. The Bertz CT molecular complexity index is 846. The van der Waals surface area contributed by atoms with Crippen LogP contribution in [0, 0.1) is 0 Å². The van der Waals surface area contributed by atoms with E-state index in [4.69, 9.17) is 18.9 Å². The summed E-state index contributed by atoms with van der Waals surface area (Å²) in [5, 5.41) is 5.49. The first kappa shape index (κ1) is 19.3. The van der Waals surface area contributed by atoms with Gasteiger partial charge in [-0.2, -0.15) is 0 Å². The highest BCUT2D eigenvalue weighted by molar-refractivity contribution is 5.96. The molecule has 0 aromatic heterocycles. The van der Waals surface area contributed by atoms with Crippen molar-refractivity contribution in [3.8, 4) is 23.0 Å². The third-order valence-corrected chi connectivity index (χ3v) is 4.08. The molecule has 3 rings (SSSR count). The van der Waals surface area contributed by atoms with Crippen LogP contribution in [0.25, 0.3) is 0 Å². The van der Waals surface area contributed by atoms with E-state index in [1.807, 2.05) is 0 Å². The normalized spacial score (nSPS) is 12.1. The van der Waals surface area contributed by atoms with Crippen molar-refractivity contribution in [2.45, 2.75) is 6.42 Å². The van der Waals surface area contributed by atoms with Crippen LogP contribution in [-0.2, 0) is 4.79 Å². The summed E-state index contributed by atoms with van der Waals surface area (Å²) in [6, 6.07) is 10.1. The maximum atomic E-state index is 12.3. The molecule has 0 saturated heterocycles. The van der Waals surface area contributed by atoms with Crippen LogP contribution in [0.4, 0.5) is 5.69 Å². The number of hydrogen-bond acceptors (Lipinski definition) is 6. The van der Waals surface area contributed by atoms with Crippen LogP contribution >= 0.6 is 0 Å². The van der Waals surface area contributed by atoms with Gasteiger partial charge < -0.3 is 29.6 Å². The van der Waals surface area contributed by atoms with Crippen LogP contribution < -0.4 is 29.6 Å². The van der Waals surface area contributed by atoms with Crippen molar-refractivity contribution in [1.29, 1.82) is 0 Å². The second-order valence-corrected chi connectivity index (χ2v) is 6.01. The first-order valence-electron chi connectivity index (χ1n) is 8.80. The molecule has 0 unspecified atom stereocenters. The van der Waals surface area contributed by atoms with Gasteiger partial charge in [-0.25, -0.2) is 0 Å². The van der Waals surface area contributed by atoms with E-state index in [2.05, 4.69) is 10.6 Å². The summed E-state index contributed by atoms with van der Waals surface area (Å²) >= 11 is 0. The zero-order valence-electron chi connectivity index (χ0n) is 15.7. The summed E-state index contributed by atoms with van der Waals surface area (Å²) in [5.74, 6) is 1.75. The average molecular weight is 386 g/mol. The van der Waals surface area contributed by atoms with Crippen LogP contribution in [0.2, 0.25) is 0 Å². The maximum Gasteiger partial charge on any atom is 0.251 e. The van der Waals surface area contributed by atoms with E-state index in [1.165, 1.54) is 14.2 Å². The number of anilines is 1. The minimum atomic E-state index is -0.315. The van der Waals surface area contributed by atoms with E-state index in [-0.39, 0.29) is 24.8 Å². The molecule has 2 N–H and O–H groups in total. The lowest BCUT2D eigenvalue weighted by atomic mass is 10.2. The molecule has 0 spiro atoms. The maximum absolute atomic E-state index is 12.3. The van der Waals surface area contributed by atoms with Gasteiger partial charge in [-0.1, -0.05) is 0 Å². The molecule has 2 aromatic rings. The molecule has 148 valence electrons. The van der Waals surface area contributed by atoms with Gasteiger partial charge in [0.2, 0.25) is 5.91 Å². The predicted octanol–water partition coefficient (Wildman–Crippen LogP) is 2.23. The molecule has 0 radical (unpaired) electrons. The van der Waals surface area contributed by atoms with Gasteiger partial charge in [0.1, 0.15) is 24.7 Å². The number of ether oxygens (including phenoxy) is 4. The third kappa shape index (κ3) is 4.85. The Morgan fingerprint density at radius 1 is 0.964 bits per heavy atom. The Labute approximate surface area is 162 Å². The number of fused-ring (bicyclic) bond motifs is 1. The monoisotopic (exact) mass is 386 g/mol. The smallest absolute Gasteiger partial charge is 0.251 e. The predicted molar refractivity (Wildman–Crippen MR) is 103 cm³/mol. The Balaban J connectivity index is 1.50. The molecule has 8 nitrogen and oxygen atoms in total. The molecule has 1 heterocycles. The first-order chi connectivity index (χ1) is 13.6. The third-order valence-electron chi connectivity index (χ3n) is 4.08. The van der Waals surface area contributed by atoms with Crippen molar-refractivity contribution >= 4 is 17.5 Å². The summed E-state index contributed by atoms with van der Waals surface area (Å²) in [5.41, 5.74) is 1.00. The molecule has 0 saturated carbocycles. The lowest BCUT2D eigenvalue weighted by Crippen LogP contribution is -2.27. The number of hydrogen-bond donors (Lipinski definition) is 2. The highest BCUT2D eigenvalue weighted by atomic mass is 16.6. The minimum Gasteiger partial charge on any atom is -0.497 e. The minimum absolute atomic E-state index is 0.126. The number of benzene rings is 2. The number of rotatable bonds is 7. The van der Waals surface area contributed by atoms with Gasteiger partial charge in [0.05, 0.1) is 14.2 Å². The Hall–Kier alpha value is -3.42. The molecule has 8 heteroatoms.